The number of hydrogen-bond donors (Lipinski definition) is 3. The van der Waals surface area contributed by atoms with Crippen molar-refractivity contribution < 1.29 is 17.9 Å². The molecular weight excluding hydrogens is 353 g/mol. The van der Waals surface area contributed by atoms with Crippen molar-refractivity contribution in [2.24, 2.45) is 0 Å². The molecule has 0 bridgehead atoms. The first-order chi connectivity index (χ1) is 9.35. The fourth-order valence-electron chi connectivity index (χ4n) is 1.70. The summed E-state index contributed by atoms with van der Waals surface area (Å²) < 4.78 is 40.1. The number of sulfonamides is 1. The van der Waals surface area contributed by atoms with Gasteiger partial charge in [0.05, 0.1) is 22.5 Å². The Bertz CT molecular complexity index is 745. The lowest BCUT2D eigenvalue weighted by atomic mass is 10.3. The van der Waals surface area contributed by atoms with Crippen molar-refractivity contribution in [3.05, 3.63) is 39.9 Å². The van der Waals surface area contributed by atoms with E-state index in [1.807, 2.05) is 0 Å². The molecular formula is C11H11BrFN3O3S. The van der Waals surface area contributed by atoms with Gasteiger partial charge >= 0.3 is 0 Å². The van der Waals surface area contributed by atoms with Crippen LogP contribution < -0.4 is 4.72 Å². The number of aliphatic hydroxyl groups is 1. The third-order valence-electron chi connectivity index (χ3n) is 2.55. The minimum absolute atomic E-state index is 0.0242. The molecule has 9 heteroatoms. The number of H-pyrrole nitrogens is 1. The van der Waals surface area contributed by atoms with Crippen molar-refractivity contribution in [1.29, 1.82) is 0 Å². The molecule has 0 fully saturated rings. The quantitative estimate of drug-likeness (QED) is 0.773. The number of nitrogens with one attached hydrogen (secondary N) is 2. The summed E-state index contributed by atoms with van der Waals surface area (Å²) in [5.74, 6) is -0.497. The zero-order chi connectivity index (χ0) is 14.9. The van der Waals surface area contributed by atoms with Gasteiger partial charge < -0.3 is 5.11 Å². The average molecular weight is 364 g/mol. The van der Waals surface area contributed by atoms with Gasteiger partial charge in [0.25, 0.3) is 10.0 Å². The van der Waals surface area contributed by atoms with Gasteiger partial charge in [-0.05, 0) is 41.1 Å². The second-order valence-corrected chi connectivity index (χ2v) is 6.49. The molecule has 108 valence electrons. The van der Waals surface area contributed by atoms with Crippen LogP contribution >= 0.6 is 15.9 Å². The summed E-state index contributed by atoms with van der Waals surface area (Å²) in [6, 6.07) is 3.74. The SMILES string of the molecule is Cc1[nH]nc(CO)c1S(=O)(=O)Nc1ccc(F)c(Br)c1. The Kier molecular flexibility index (Phi) is 4.11. The minimum atomic E-state index is -3.92. The number of halogens is 2. The molecule has 0 aliphatic rings. The number of nitrogens with zero attached hydrogens (tertiary/aromatic N) is 1. The van der Waals surface area contributed by atoms with Crippen LogP contribution in [-0.2, 0) is 16.6 Å². The molecule has 2 aromatic rings. The number of rotatable bonds is 4. The molecule has 0 aliphatic carbocycles. The Morgan fingerprint density at radius 3 is 2.80 bits per heavy atom. The van der Waals surface area contributed by atoms with Gasteiger partial charge in [0.1, 0.15) is 16.4 Å². The fourth-order valence-corrected chi connectivity index (χ4v) is 3.49. The largest absolute Gasteiger partial charge is 0.390 e. The summed E-state index contributed by atoms with van der Waals surface area (Å²) in [7, 11) is -3.92. The van der Waals surface area contributed by atoms with E-state index in [9.17, 15) is 12.8 Å². The first-order valence-corrected chi connectivity index (χ1v) is 7.75. The van der Waals surface area contributed by atoms with Crippen molar-refractivity contribution in [1.82, 2.24) is 10.2 Å². The second kappa shape index (κ2) is 5.51. The highest BCUT2D eigenvalue weighted by atomic mass is 79.9. The Hall–Kier alpha value is -1.45. The first-order valence-electron chi connectivity index (χ1n) is 5.47. The van der Waals surface area contributed by atoms with Gasteiger partial charge in [-0.15, -0.1) is 0 Å². The van der Waals surface area contributed by atoms with Gasteiger partial charge in [0, 0.05) is 0 Å². The number of anilines is 1. The summed E-state index contributed by atoms with van der Waals surface area (Å²) in [5.41, 5.74) is 0.529. The Morgan fingerprint density at radius 1 is 1.50 bits per heavy atom. The number of aliphatic hydroxyl groups excluding tert-OH is 1. The van der Waals surface area contributed by atoms with E-state index in [4.69, 9.17) is 5.11 Å². The van der Waals surface area contributed by atoms with Crippen LogP contribution in [0.1, 0.15) is 11.4 Å². The lowest BCUT2D eigenvalue weighted by molar-refractivity contribution is 0.273. The molecule has 0 unspecified atom stereocenters. The van der Waals surface area contributed by atoms with Crippen LogP contribution in [0.4, 0.5) is 10.1 Å². The lowest BCUT2D eigenvalue weighted by Gasteiger charge is -2.09. The molecule has 0 radical (unpaired) electrons. The number of hydrogen-bond acceptors (Lipinski definition) is 4. The van der Waals surface area contributed by atoms with Crippen molar-refractivity contribution in [2.75, 3.05) is 4.72 Å². The standard InChI is InChI=1S/C11H11BrFN3O3S/c1-6-11(10(5-17)15-14-6)20(18,19)16-7-2-3-9(13)8(12)4-7/h2-4,16-17H,5H2,1H3,(H,14,15). The molecule has 3 N–H and O–H groups in total. The highest BCUT2D eigenvalue weighted by Gasteiger charge is 2.24. The normalized spacial score (nSPS) is 11.6. The molecule has 2 rings (SSSR count). The maximum atomic E-state index is 13.1. The van der Waals surface area contributed by atoms with Gasteiger partial charge in [-0.1, -0.05) is 0 Å². The highest BCUT2D eigenvalue weighted by Crippen LogP contribution is 2.24. The maximum absolute atomic E-state index is 13.1. The predicted molar refractivity (Wildman–Crippen MR) is 74.2 cm³/mol. The lowest BCUT2D eigenvalue weighted by Crippen LogP contribution is -2.15. The van der Waals surface area contributed by atoms with Crippen LogP contribution in [0.15, 0.2) is 27.6 Å². The zero-order valence-electron chi connectivity index (χ0n) is 10.3. The third-order valence-corrected chi connectivity index (χ3v) is 4.74. The van der Waals surface area contributed by atoms with Gasteiger partial charge in [0.2, 0.25) is 0 Å². The van der Waals surface area contributed by atoms with E-state index < -0.39 is 22.4 Å². The second-order valence-electron chi connectivity index (χ2n) is 4.02. The monoisotopic (exact) mass is 363 g/mol. The predicted octanol–water partition coefficient (Wildman–Crippen LogP) is 1.91. The number of benzene rings is 1. The minimum Gasteiger partial charge on any atom is -0.390 e. The van der Waals surface area contributed by atoms with Crippen LogP contribution in [0.5, 0.6) is 0 Å². The molecule has 1 aromatic heterocycles. The Balaban J connectivity index is 2.40. The first kappa shape index (κ1) is 14.9. The smallest absolute Gasteiger partial charge is 0.265 e. The van der Waals surface area contributed by atoms with E-state index in [0.717, 1.165) is 6.07 Å². The van der Waals surface area contributed by atoms with Crippen LogP contribution in [0.3, 0.4) is 0 Å². The zero-order valence-corrected chi connectivity index (χ0v) is 12.7. The molecule has 6 nitrogen and oxygen atoms in total. The summed E-state index contributed by atoms with van der Waals surface area (Å²) >= 11 is 2.98. The number of aromatic nitrogens is 2. The molecule has 0 spiro atoms. The Morgan fingerprint density at radius 2 is 2.20 bits per heavy atom. The molecule has 0 saturated heterocycles. The van der Waals surface area contributed by atoms with Gasteiger partial charge in [-0.2, -0.15) is 5.10 Å². The van der Waals surface area contributed by atoms with Crippen molar-refractivity contribution >= 4 is 31.6 Å². The van der Waals surface area contributed by atoms with E-state index >= 15 is 0 Å². The third kappa shape index (κ3) is 2.84. The van der Waals surface area contributed by atoms with E-state index in [1.54, 1.807) is 0 Å². The molecule has 0 amide bonds. The molecule has 20 heavy (non-hydrogen) atoms. The molecule has 1 aromatic carbocycles. The van der Waals surface area contributed by atoms with E-state index in [2.05, 4.69) is 30.8 Å². The maximum Gasteiger partial charge on any atom is 0.265 e. The Labute approximate surface area is 123 Å². The fraction of sp³-hybridized carbons (Fsp3) is 0.182. The highest BCUT2D eigenvalue weighted by molar-refractivity contribution is 9.10. The summed E-state index contributed by atoms with van der Waals surface area (Å²) in [6.07, 6.45) is 0. The van der Waals surface area contributed by atoms with Gasteiger partial charge in [-0.3, -0.25) is 9.82 Å². The van der Waals surface area contributed by atoms with Gasteiger partial charge in [0.15, 0.2) is 0 Å². The van der Waals surface area contributed by atoms with Crippen LogP contribution in [0.2, 0.25) is 0 Å². The van der Waals surface area contributed by atoms with Crippen molar-refractivity contribution in [3.8, 4) is 0 Å². The van der Waals surface area contributed by atoms with Crippen molar-refractivity contribution in [2.45, 2.75) is 18.4 Å². The summed E-state index contributed by atoms with van der Waals surface area (Å²) in [5, 5.41) is 15.3. The molecule has 0 aliphatic heterocycles. The molecule has 0 atom stereocenters. The molecule has 1 heterocycles. The summed E-state index contributed by atoms with van der Waals surface area (Å²) in [4.78, 5) is -0.111. The van der Waals surface area contributed by atoms with E-state index in [1.165, 1.54) is 19.1 Å². The van der Waals surface area contributed by atoms with Crippen LogP contribution in [0.25, 0.3) is 0 Å². The summed E-state index contributed by atoms with van der Waals surface area (Å²) in [6.45, 7) is 1.02. The number of aryl methyl sites for hydroxylation is 1. The topological polar surface area (TPSA) is 95.1 Å². The van der Waals surface area contributed by atoms with Gasteiger partial charge in [-0.25, -0.2) is 12.8 Å². The average Bonchev–Trinajstić information content (AvgIpc) is 2.75. The van der Waals surface area contributed by atoms with Crippen LogP contribution in [-0.4, -0.2) is 23.7 Å². The van der Waals surface area contributed by atoms with Crippen LogP contribution in [0, 0.1) is 12.7 Å². The van der Waals surface area contributed by atoms with E-state index in [-0.39, 0.29) is 20.7 Å². The number of aromatic amines is 1. The molecule has 0 saturated carbocycles. The van der Waals surface area contributed by atoms with E-state index in [0.29, 0.717) is 5.69 Å². The van der Waals surface area contributed by atoms with Crippen molar-refractivity contribution in [3.63, 3.8) is 0 Å².